The zero-order chi connectivity index (χ0) is 24.8. The van der Waals surface area contributed by atoms with Gasteiger partial charge in [-0.1, -0.05) is 23.7 Å². The molecule has 3 rings (SSSR count). The van der Waals surface area contributed by atoms with Crippen LogP contribution in [0.3, 0.4) is 0 Å². The number of rotatable bonds is 8. The second-order valence-corrected chi connectivity index (χ2v) is 8.90. The lowest BCUT2D eigenvalue weighted by Crippen LogP contribution is -2.61. The van der Waals surface area contributed by atoms with Crippen molar-refractivity contribution in [3.05, 3.63) is 51.2 Å². The van der Waals surface area contributed by atoms with Crippen molar-refractivity contribution in [2.45, 2.75) is 19.4 Å². The van der Waals surface area contributed by atoms with Gasteiger partial charge in [0.15, 0.2) is 0 Å². The zero-order valence-electron chi connectivity index (χ0n) is 17.9. The monoisotopic (exact) mass is 514 g/mol. The van der Waals surface area contributed by atoms with Crippen LogP contribution in [0.2, 0.25) is 4.34 Å². The summed E-state index contributed by atoms with van der Waals surface area (Å²) in [6.07, 6.45) is -2.81. The Morgan fingerprint density at radius 2 is 2.03 bits per heavy atom. The molecule has 1 saturated heterocycles. The minimum Gasteiger partial charge on any atom is -0.370 e. The van der Waals surface area contributed by atoms with Crippen molar-refractivity contribution in [3.8, 4) is 0 Å². The normalized spacial score (nSPS) is 14.6. The number of hydrogen-bond acceptors (Lipinski definition) is 6. The largest absolute Gasteiger partial charge is 0.370 e. The van der Waals surface area contributed by atoms with Crippen molar-refractivity contribution in [2.24, 2.45) is 0 Å². The van der Waals surface area contributed by atoms with Crippen LogP contribution in [0.1, 0.15) is 28.6 Å². The first-order chi connectivity index (χ1) is 16.2. The average Bonchev–Trinajstić information content (AvgIpc) is 3.24. The minimum absolute atomic E-state index is 0.00441. The van der Waals surface area contributed by atoms with E-state index < -0.39 is 36.1 Å². The van der Waals surface area contributed by atoms with Crippen molar-refractivity contribution in [1.82, 2.24) is 15.6 Å². The van der Waals surface area contributed by atoms with Gasteiger partial charge in [0, 0.05) is 19.0 Å². The average molecular weight is 515 g/mol. The summed E-state index contributed by atoms with van der Waals surface area (Å²) >= 11 is 6.88. The molecule has 1 fully saturated rings. The van der Waals surface area contributed by atoms with E-state index in [2.05, 4.69) is 10.6 Å². The molecule has 0 unspecified atom stereocenters. The number of nitrogens with zero attached hydrogens (tertiary/aromatic N) is 2. The lowest BCUT2D eigenvalue weighted by Gasteiger charge is -2.38. The minimum atomic E-state index is -2.81. The standard InChI is InChI=1S/C21H21ClF2N4O5S/c1-12(29)26-15(10-25-20(31)16-5-6-17(22)34-16)21(32)28(27-7-8-33-11-18(27)30)14-4-2-3-13(9-14)19(23)24/h2-6,9,15,19H,7-8,10-11H2,1H3,(H,25,31)(H,26,29)/t15-/m0/s1. The van der Waals surface area contributed by atoms with Crippen molar-refractivity contribution >= 4 is 52.3 Å². The maximum absolute atomic E-state index is 13.6. The maximum atomic E-state index is 13.6. The first kappa shape index (κ1) is 25.5. The molecule has 4 amide bonds. The van der Waals surface area contributed by atoms with Crippen molar-refractivity contribution < 1.29 is 32.7 Å². The fraction of sp³-hybridized carbons (Fsp3) is 0.333. The first-order valence-corrected chi connectivity index (χ1v) is 11.3. The molecule has 0 saturated carbocycles. The Morgan fingerprint density at radius 3 is 2.65 bits per heavy atom. The predicted molar refractivity (Wildman–Crippen MR) is 121 cm³/mol. The smallest absolute Gasteiger partial charge is 0.270 e. The quantitative estimate of drug-likeness (QED) is 0.562. The first-order valence-electron chi connectivity index (χ1n) is 10.1. The molecule has 2 N–H and O–H groups in total. The number of morpholine rings is 1. The zero-order valence-corrected chi connectivity index (χ0v) is 19.5. The summed E-state index contributed by atoms with van der Waals surface area (Å²) in [5.41, 5.74) is -0.347. The number of benzene rings is 1. The molecule has 2 aromatic rings. The predicted octanol–water partition coefficient (Wildman–Crippen LogP) is 2.38. The van der Waals surface area contributed by atoms with E-state index in [1.165, 1.54) is 31.2 Å². The van der Waals surface area contributed by atoms with Crippen LogP contribution in [0.25, 0.3) is 0 Å². The number of carbonyl (C=O) groups is 4. The third-order valence-electron chi connectivity index (χ3n) is 4.72. The van der Waals surface area contributed by atoms with E-state index in [4.69, 9.17) is 16.3 Å². The highest BCUT2D eigenvalue weighted by atomic mass is 35.5. The fourth-order valence-electron chi connectivity index (χ4n) is 3.21. The highest BCUT2D eigenvalue weighted by molar-refractivity contribution is 7.18. The van der Waals surface area contributed by atoms with Crippen LogP contribution in [0.5, 0.6) is 0 Å². The summed E-state index contributed by atoms with van der Waals surface area (Å²) in [5.74, 6) is -2.46. The molecule has 0 radical (unpaired) electrons. The summed E-state index contributed by atoms with van der Waals surface area (Å²) in [5, 5.41) is 7.01. The molecule has 0 bridgehead atoms. The van der Waals surface area contributed by atoms with Crippen molar-refractivity contribution in [3.63, 3.8) is 0 Å². The Morgan fingerprint density at radius 1 is 1.26 bits per heavy atom. The number of ether oxygens (including phenoxy) is 1. The number of thiophene rings is 1. The van der Waals surface area contributed by atoms with Crippen LogP contribution in [-0.2, 0) is 19.1 Å². The Hall–Kier alpha value is -3.09. The van der Waals surface area contributed by atoms with Gasteiger partial charge in [-0.05, 0) is 24.3 Å². The molecule has 34 heavy (non-hydrogen) atoms. The molecular weight excluding hydrogens is 494 g/mol. The Bertz CT molecular complexity index is 1080. The number of halogens is 3. The number of anilines is 1. The van der Waals surface area contributed by atoms with Crippen LogP contribution in [0.4, 0.5) is 14.5 Å². The number of nitrogens with one attached hydrogen (secondary N) is 2. The molecule has 9 nitrogen and oxygen atoms in total. The highest BCUT2D eigenvalue weighted by Crippen LogP contribution is 2.26. The van der Waals surface area contributed by atoms with Crippen LogP contribution in [0.15, 0.2) is 36.4 Å². The van der Waals surface area contributed by atoms with E-state index in [1.807, 2.05) is 0 Å². The second kappa shape index (κ2) is 11.4. The van der Waals surface area contributed by atoms with Gasteiger partial charge in [-0.3, -0.25) is 19.2 Å². The molecule has 0 spiro atoms. The maximum Gasteiger partial charge on any atom is 0.270 e. The molecule has 0 aliphatic carbocycles. The van der Waals surface area contributed by atoms with Gasteiger partial charge in [-0.15, -0.1) is 11.3 Å². The van der Waals surface area contributed by atoms with Crippen LogP contribution >= 0.6 is 22.9 Å². The van der Waals surface area contributed by atoms with E-state index >= 15 is 0 Å². The van der Waals surface area contributed by atoms with Crippen molar-refractivity contribution in [1.29, 1.82) is 0 Å². The molecular formula is C21H21ClF2N4O5S. The fourth-order valence-corrected chi connectivity index (χ4v) is 4.17. The number of amides is 4. The van der Waals surface area contributed by atoms with E-state index in [-0.39, 0.29) is 37.6 Å². The van der Waals surface area contributed by atoms with E-state index in [9.17, 15) is 28.0 Å². The summed E-state index contributed by atoms with van der Waals surface area (Å²) < 4.78 is 32.1. The summed E-state index contributed by atoms with van der Waals surface area (Å²) in [4.78, 5) is 50.6. The molecule has 1 aliphatic rings. The van der Waals surface area contributed by atoms with Crippen molar-refractivity contribution in [2.75, 3.05) is 31.3 Å². The summed E-state index contributed by atoms with van der Waals surface area (Å²) in [6.45, 7) is 0.652. The SMILES string of the molecule is CC(=O)N[C@@H](CNC(=O)c1ccc(Cl)s1)C(=O)N(c1cccc(C(F)F)c1)N1CCOCC1=O. The summed E-state index contributed by atoms with van der Waals surface area (Å²) in [7, 11) is 0. The molecule has 1 aliphatic heterocycles. The Labute approximate surface area is 202 Å². The third-order valence-corrected chi connectivity index (χ3v) is 5.95. The number of hydrazine groups is 1. The molecule has 1 aromatic heterocycles. The lowest BCUT2D eigenvalue weighted by atomic mass is 10.1. The number of alkyl halides is 2. The molecule has 182 valence electrons. The topological polar surface area (TPSA) is 108 Å². The summed E-state index contributed by atoms with van der Waals surface area (Å²) in [6, 6.07) is 6.74. The van der Waals surface area contributed by atoms with Gasteiger partial charge in [-0.2, -0.15) is 0 Å². The van der Waals surface area contributed by atoms with E-state index in [1.54, 1.807) is 6.07 Å². The highest BCUT2D eigenvalue weighted by Gasteiger charge is 2.35. The van der Waals surface area contributed by atoms with Gasteiger partial charge in [0.1, 0.15) is 12.6 Å². The van der Waals surface area contributed by atoms with Gasteiger partial charge in [-0.25, -0.2) is 18.8 Å². The Balaban J connectivity index is 1.91. The van der Waals surface area contributed by atoms with Gasteiger partial charge in [0.2, 0.25) is 5.91 Å². The molecule has 1 atom stereocenters. The van der Waals surface area contributed by atoms with E-state index in [0.717, 1.165) is 27.4 Å². The molecule has 2 heterocycles. The van der Waals surface area contributed by atoms with Crippen LogP contribution in [0, 0.1) is 0 Å². The lowest BCUT2D eigenvalue weighted by molar-refractivity contribution is -0.147. The van der Waals surface area contributed by atoms with Crippen LogP contribution < -0.4 is 15.6 Å². The van der Waals surface area contributed by atoms with Gasteiger partial charge in [0.25, 0.3) is 24.1 Å². The van der Waals surface area contributed by atoms with Gasteiger partial charge < -0.3 is 15.4 Å². The Kier molecular flexibility index (Phi) is 8.53. The third kappa shape index (κ3) is 6.27. The second-order valence-electron chi connectivity index (χ2n) is 7.18. The van der Waals surface area contributed by atoms with Gasteiger partial charge >= 0.3 is 0 Å². The molecule has 1 aromatic carbocycles. The number of carbonyl (C=O) groups excluding carboxylic acids is 4. The van der Waals surface area contributed by atoms with Crippen LogP contribution in [-0.4, -0.2) is 61.0 Å². The van der Waals surface area contributed by atoms with E-state index in [0.29, 0.717) is 9.21 Å². The molecule has 13 heteroatoms. The number of hydrogen-bond donors (Lipinski definition) is 2. The van der Waals surface area contributed by atoms with Gasteiger partial charge in [0.05, 0.1) is 28.1 Å².